The Bertz CT molecular complexity index is 191. The minimum atomic E-state index is 0. The molecule has 0 heterocycles. The van der Waals surface area contributed by atoms with Crippen molar-refractivity contribution in [3.63, 3.8) is 0 Å². The Kier molecular flexibility index (Phi) is 9.75. The van der Waals surface area contributed by atoms with Crippen molar-refractivity contribution in [2.45, 2.75) is 20.5 Å². The fourth-order valence-corrected chi connectivity index (χ4v) is 0.623. The summed E-state index contributed by atoms with van der Waals surface area (Å²) < 4.78 is 0. The molecule has 0 saturated heterocycles. The lowest BCUT2D eigenvalue weighted by Crippen LogP contribution is -1.85. The van der Waals surface area contributed by atoms with Gasteiger partial charge >= 0.3 is 0 Å². The molecule has 12 heavy (non-hydrogen) atoms. The van der Waals surface area contributed by atoms with Gasteiger partial charge in [-0.05, 0) is 17.7 Å². The van der Waals surface area contributed by atoms with Crippen molar-refractivity contribution in [3.05, 3.63) is 29.8 Å². The maximum atomic E-state index is 8.59. The van der Waals surface area contributed by atoms with Crippen LogP contribution in [0.2, 0.25) is 0 Å². The number of hydrogen-bond donors (Lipinski definition) is 2. The summed E-state index contributed by atoms with van der Waals surface area (Å²) in [4.78, 5) is 0. The molecule has 1 aromatic rings. The van der Waals surface area contributed by atoms with Gasteiger partial charge in [0.15, 0.2) is 0 Å². The smallest absolute Gasteiger partial charge is 0.0681 e. The van der Waals surface area contributed by atoms with E-state index in [1.54, 1.807) is 24.3 Å². The first-order chi connectivity index (χ1) is 5.33. The van der Waals surface area contributed by atoms with Crippen molar-refractivity contribution >= 4 is 19.2 Å². The average molecular weight is 189 g/mol. The number of nitrogen functional groups attached to an aromatic ring is 1. The molecule has 0 atom stereocenters. The van der Waals surface area contributed by atoms with Crippen LogP contribution in [-0.2, 0) is 6.61 Å². The van der Waals surface area contributed by atoms with Gasteiger partial charge in [0, 0.05) is 7.11 Å². The predicted molar refractivity (Wildman–Crippen MR) is 60.6 cm³/mol. The zero-order chi connectivity index (χ0) is 8.69. The van der Waals surface area contributed by atoms with Gasteiger partial charge in [-0.25, -0.2) is 0 Å². The number of nitrogens with two attached hydrogens (primary N) is 1. The highest BCUT2D eigenvalue weighted by Crippen LogP contribution is 2.03. The van der Waals surface area contributed by atoms with E-state index in [2.05, 4.69) is 0 Å². The van der Waals surface area contributed by atoms with Crippen LogP contribution < -0.4 is 5.73 Å². The normalized spacial score (nSPS) is 7.58. The molecule has 0 amide bonds. The zero-order valence-electron chi connectivity index (χ0n) is 7.54. The maximum Gasteiger partial charge on any atom is 0.0681 e. The minimum Gasteiger partial charge on any atom is -0.399 e. The number of aliphatic hydroxyl groups excluding tert-OH is 1. The predicted octanol–water partition coefficient (Wildman–Crippen LogP) is 2.15. The van der Waals surface area contributed by atoms with Gasteiger partial charge in [0.05, 0.1) is 6.61 Å². The molecule has 0 aliphatic carbocycles. The molecular formula is C9H19NOS. The van der Waals surface area contributed by atoms with Crippen molar-refractivity contribution in [2.75, 3.05) is 5.73 Å². The Morgan fingerprint density at radius 1 is 1.25 bits per heavy atom. The Hall–Kier alpha value is -0.670. The Morgan fingerprint density at radius 3 is 2.00 bits per heavy atom. The lowest BCUT2D eigenvalue weighted by molar-refractivity contribution is 0.282. The molecule has 2 nitrogen and oxygen atoms in total. The van der Waals surface area contributed by atoms with E-state index >= 15 is 0 Å². The number of rotatable bonds is 1. The summed E-state index contributed by atoms with van der Waals surface area (Å²) in [7, 11) is 0. The van der Waals surface area contributed by atoms with Crippen LogP contribution in [0.3, 0.4) is 0 Å². The Morgan fingerprint density at radius 2 is 1.67 bits per heavy atom. The van der Waals surface area contributed by atoms with Gasteiger partial charge in [-0.1, -0.05) is 26.0 Å². The van der Waals surface area contributed by atoms with Crippen molar-refractivity contribution in [1.29, 1.82) is 0 Å². The molecule has 0 aliphatic rings. The van der Waals surface area contributed by atoms with Crippen LogP contribution >= 0.6 is 13.5 Å². The van der Waals surface area contributed by atoms with E-state index in [1.807, 2.05) is 13.8 Å². The van der Waals surface area contributed by atoms with Crippen LogP contribution in [0.1, 0.15) is 20.8 Å². The average Bonchev–Trinajstić information content (AvgIpc) is 2.10. The lowest BCUT2D eigenvalue weighted by Gasteiger charge is -1.94. The zero-order valence-corrected chi connectivity index (χ0v) is 8.54. The van der Waals surface area contributed by atoms with Crippen LogP contribution in [0.5, 0.6) is 0 Å². The largest absolute Gasteiger partial charge is 0.399 e. The third-order valence-corrected chi connectivity index (χ3v) is 1.16. The lowest BCUT2D eigenvalue weighted by atomic mass is 10.2. The summed E-state index contributed by atoms with van der Waals surface area (Å²) >= 11 is 0. The van der Waals surface area contributed by atoms with E-state index in [0.717, 1.165) is 11.3 Å². The summed E-state index contributed by atoms with van der Waals surface area (Å²) in [5.74, 6) is 0. The third kappa shape index (κ3) is 5.04. The molecule has 0 unspecified atom stereocenters. The van der Waals surface area contributed by atoms with Gasteiger partial charge < -0.3 is 10.8 Å². The highest BCUT2D eigenvalue weighted by atomic mass is 32.1. The number of anilines is 1. The summed E-state index contributed by atoms with van der Waals surface area (Å²) in [6, 6.07) is 7.14. The molecule has 0 aromatic heterocycles. The molecule has 0 aliphatic heterocycles. The van der Waals surface area contributed by atoms with Gasteiger partial charge in [-0.15, -0.1) is 0 Å². The van der Waals surface area contributed by atoms with Gasteiger partial charge in [-0.2, -0.15) is 13.5 Å². The quantitative estimate of drug-likeness (QED) is 0.665. The van der Waals surface area contributed by atoms with Crippen molar-refractivity contribution in [1.82, 2.24) is 0 Å². The van der Waals surface area contributed by atoms with Crippen LogP contribution in [0.25, 0.3) is 0 Å². The second-order valence-corrected chi connectivity index (χ2v) is 1.90. The SMILES string of the molecule is CC.Nc1ccc(CO)cc1.S.[HH]. The first-order valence-electron chi connectivity index (χ1n) is 3.78. The second-order valence-electron chi connectivity index (χ2n) is 1.90. The van der Waals surface area contributed by atoms with Crippen LogP contribution in [0.15, 0.2) is 24.3 Å². The molecule has 1 rings (SSSR count). The fourth-order valence-electron chi connectivity index (χ4n) is 0.623. The molecule has 0 spiro atoms. The third-order valence-electron chi connectivity index (χ3n) is 1.16. The monoisotopic (exact) mass is 189 g/mol. The number of benzene rings is 1. The number of hydrogen-bond acceptors (Lipinski definition) is 2. The van der Waals surface area contributed by atoms with E-state index in [4.69, 9.17) is 10.8 Å². The molecule has 0 fully saturated rings. The van der Waals surface area contributed by atoms with Crippen LogP contribution in [0.4, 0.5) is 5.69 Å². The highest BCUT2D eigenvalue weighted by Gasteiger charge is 1.86. The molecule has 1 aromatic carbocycles. The molecular weight excluding hydrogens is 170 g/mol. The topological polar surface area (TPSA) is 46.2 Å². The van der Waals surface area contributed by atoms with Crippen molar-refractivity contribution in [2.24, 2.45) is 0 Å². The molecule has 72 valence electrons. The Labute approximate surface area is 82.3 Å². The maximum absolute atomic E-state index is 8.59. The summed E-state index contributed by atoms with van der Waals surface area (Å²) in [6.45, 7) is 4.08. The summed E-state index contributed by atoms with van der Waals surface area (Å²) in [5.41, 5.74) is 7.02. The Balaban J connectivity index is -0.000000234. The van der Waals surface area contributed by atoms with Crippen LogP contribution in [0, 0.1) is 0 Å². The van der Waals surface area contributed by atoms with Gasteiger partial charge in [0.2, 0.25) is 0 Å². The standard InChI is InChI=1S/C7H9NO.C2H6.H2S.H2/c8-7-3-1-6(5-9)2-4-7;1-2;;/h1-4,9H,5,8H2;1-2H3;1H2;1H. The molecule has 0 saturated carbocycles. The molecule has 0 radical (unpaired) electrons. The number of aliphatic hydroxyl groups is 1. The van der Waals surface area contributed by atoms with E-state index in [-0.39, 0.29) is 21.5 Å². The first-order valence-corrected chi connectivity index (χ1v) is 3.78. The second kappa shape index (κ2) is 8.43. The van der Waals surface area contributed by atoms with E-state index < -0.39 is 0 Å². The summed E-state index contributed by atoms with van der Waals surface area (Å²) in [6.07, 6.45) is 0. The highest BCUT2D eigenvalue weighted by molar-refractivity contribution is 7.59. The molecule has 0 bridgehead atoms. The fraction of sp³-hybridized carbons (Fsp3) is 0.333. The first kappa shape index (κ1) is 13.9. The summed E-state index contributed by atoms with van der Waals surface area (Å²) in [5, 5.41) is 8.59. The van der Waals surface area contributed by atoms with Crippen LogP contribution in [-0.4, -0.2) is 5.11 Å². The van der Waals surface area contributed by atoms with Crippen molar-refractivity contribution in [3.8, 4) is 0 Å². The van der Waals surface area contributed by atoms with E-state index in [0.29, 0.717) is 0 Å². The molecule has 3 N–H and O–H groups in total. The minimum absolute atomic E-state index is 0. The van der Waals surface area contributed by atoms with Gasteiger partial charge in [0.1, 0.15) is 0 Å². The van der Waals surface area contributed by atoms with E-state index in [9.17, 15) is 0 Å². The molecule has 3 heteroatoms. The van der Waals surface area contributed by atoms with E-state index in [1.165, 1.54) is 0 Å². The van der Waals surface area contributed by atoms with Crippen molar-refractivity contribution < 1.29 is 6.53 Å². The van der Waals surface area contributed by atoms with Gasteiger partial charge in [-0.3, -0.25) is 0 Å². The van der Waals surface area contributed by atoms with Gasteiger partial charge in [0.25, 0.3) is 0 Å².